The molecule has 3 heterocycles. The average molecular weight is 300 g/mol. The molecular weight excluding hydrogens is 278 g/mol. The quantitative estimate of drug-likeness (QED) is 0.862. The first-order valence-electron chi connectivity index (χ1n) is 7.12. The molecule has 0 atom stereocenters. The lowest BCUT2D eigenvalue weighted by molar-refractivity contribution is 0.0462. The van der Waals surface area contributed by atoms with Gasteiger partial charge in [0, 0.05) is 19.2 Å². The van der Waals surface area contributed by atoms with Gasteiger partial charge in [-0.15, -0.1) is 12.4 Å². The Morgan fingerprint density at radius 2 is 1.95 bits per heavy atom. The standard InChI is InChI=1S/C14H21N3O2.ClH/c1-11-10-12(19-16-11)13(18)17-8-4-14(5-9-17)2-6-15-7-3-14;/h10,15H,2-9H2,1H3;1H. The summed E-state index contributed by atoms with van der Waals surface area (Å²) in [5.41, 5.74) is 1.23. The molecule has 0 aliphatic carbocycles. The van der Waals surface area contributed by atoms with E-state index in [2.05, 4.69) is 10.5 Å². The van der Waals surface area contributed by atoms with E-state index in [1.807, 2.05) is 11.8 Å². The fourth-order valence-electron chi connectivity index (χ4n) is 3.26. The average Bonchev–Trinajstić information content (AvgIpc) is 2.87. The Morgan fingerprint density at radius 3 is 2.50 bits per heavy atom. The molecule has 1 N–H and O–H groups in total. The third-order valence-corrected chi connectivity index (χ3v) is 4.61. The number of hydrogen-bond acceptors (Lipinski definition) is 4. The van der Waals surface area contributed by atoms with Crippen molar-refractivity contribution >= 4 is 18.3 Å². The van der Waals surface area contributed by atoms with Gasteiger partial charge >= 0.3 is 0 Å². The second-order valence-corrected chi connectivity index (χ2v) is 5.87. The molecule has 0 saturated carbocycles. The molecular formula is C14H22ClN3O2. The van der Waals surface area contributed by atoms with E-state index in [1.54, 1.807) is 6.07 Å². The largest absolute Gasteiger partial charge is 0.351 e. The summed E-state index contributed by atoms with van der Waals surface area (Å²) in [6.45, 7) is 5.77. The third kappa shape index (κ3) is 2.99. The smallest absolute Gasteiger partial charge is 0.292 e. The van der Waals surface area contributed by atoms with E-state index in [0.717, 1.165) is 44.7 Å². The zero-order chi connectivity index (χ0) is 13.3. The van der Waals surface area contributed by atoms with Crippen LogP contribution in [0, 0.1) is 12.3 Å². The van der Waals surface area contributed by atoms with Crippen molar-refractivity contribution in [2.45, 2.75) is 32.6 Å². The van der Waals surface area contributed by atoms with Gasteiger partial charge in [0.25, 0.3) is 5.91 Å². The van der Waals surface area contributed by atoms with Crippen LogP contribution in [0.5, 0.6) is 0 Å². The van der Waals surface area contributed by atoms with Crippen LogP contribution >= 0.6 is 12.4 Å². The molecule has 112 valence electrons. The van der Waals surface area contributed by atoms with E-state index in [-0.39, 0.29) is 18.3 Å². The van der Waals surface area contributed by atoms with Crippen LogP contribution in [0.1, 0.15) is 41.9 Å². The summed E-state index contributed by atoms with van der Waals surface area (Å²) in [4.78, 5) is 14.2. The molecule has 1 amide bonds. The number of amides is 1. The summed E-state index contributed by atoms with van der Waals surface area (Å²) in [6, 6.07) is 1.72. The van der Waals surface area contributed by atoms with Crippen molar-refractivity contribution < 1.29 is 9.32 Å². The number of nitrogens with one attached hydrogen (secondary N) is 1. The van der Waals surface area contributed by atoms with E-state index < -0.39 is 0 Å². The van der Waals surface area contributed by atoms with Crippen molar-refractivity contribution in [2.24, 2.45) is 5.41 Å². The Hall–Kier alpha value is -1.07. The van der Waals surface area contributed by atoms with Crippen molar-refractivity contribution in [2.75, 3.05) is 26.2 Å². The van der Waals surface area contributed by atoms with Crippen molar-refractivity contribution in [3.05, 3.63) is 17.5 Å². The maximum Gasteiger partial charge on any atom is 0.292 e. The topological polar surface area (TPSA) is 58.4 Å². The molecule has 1 aromatic heterocycles. The molecule has 0 radical (unpaired) electrons. The zero-order valence-electron chi connectivity index (χ0n) is 11.9. The Morgan fingerprint density at radius 1 is 1.30 bits per heavy atom. The van der Waals surface area contributed by atoms with Gasteiger partial charge in [0.2, 0.25) is 5.76 Å². The summed E-state index contributed by atoms with van der Waals surface area (Å²) in [5, 5.41) is 7.20. The van der Waals surface area contributed by atoms with Gasteiger partial charge in [-0.3, -0.25) is 4.79 Å². The number of aryl methyl sites for hydroxylation is 1. The Kier molecular flexibility index (Phi) is 4.70. The van der Waals surface area contributed by atoms with Crippen molar-refractivity contribution in [3.63, 3.8) is 0 Å². The molecule has 5 nitrogen and oxygen atoms in total. The van der Waals surface area contributed by atoms with Crippen molar-refractivity contribution in [1.29, 1.82) is 0 Å². The van der Waals surface area contributed by atoms with Crippen LogP contribution in [0.15, 0.2) is 10.6 Å². The van der Waals surface area contributed by atoms with Crippen LogP contribution in [0.2, 0.25) is 0 Å². The number of carbonyl (C=O) groups excluding carboxylic acids is 1. The Balaban J connectivity index is 0.00000147. The number of likely N-dealkylation sites (tertiary alicyclic amines) is 1. The zero-order valence-corrected chi connectivity index (χ0v) is 12.7. The van der Waals surface area contributed by atoms with Crippen LogP contribution < -0.4 is 5.32 Å². The highest BCUT2D eigenvalue weighted by atomic mass is 35.5. The van der Waals surface area contributed by atoms with Crippen molar-refractivity contribution in [1.82, 2.24) is 15.4 Å². The van der Waals surface area contributed by atoms with E-state index in [1.165, 1.54) is 12.8 Å². The molecule has 6 heteroatoms. The Bertz CT molecular complexity index is 459. The number of rotatable bonds is 1. The monoisotopic (exact) mass is 299 g/mol. The molecule has 0 unspecified atom stereocenters. The summed E-state index contributed by atoms with van der Waals surface area (Å²) in [7, 11) is 0. The van der Waals surface area contributed by atoms with Gasteiger partial charge in [0.1, 0.15) is 0 Å². The lowest BCUT2D eigenvalue weighted by Gasteiger charge is -2.44. The van der Waals surface area contributed by atoms with Gasteiger partial charge in [-0.1, -0.05) is 5.16 Å². The van der Waals surface area contributed by atoms with E-state index in [0.29, 0.717) is 11.2 Å². The highest BCUT2D eigenvalue weighted by Crippen LogP contribution is 2.39. The lowest BCUT2D eigenvalue weighted by Crippen LogP contribution is -2.47. The number of halogens is 1. The van der Waals surface area contributed by atoms with Crippen LogP contribution in [0.3, 0.4) is 0 Å². The predicted molar refractivity (Wildman–Crippen MR) is 78.2 cm³/mol. The molecule has 3 rings (SSSR count). The SMILES string of the molecule is Cc1cc(C(=O)N2CCC3(CCNCC3)CC2)on1.Cl. The highest BCUT2D eigenvalue weighted by molar-refractivity contribution is 5.91. The molecule has 20 heavy (non-hydrogen) atoms. The number of nitrogens with zero attached hydrogens (tertiary/aromatic N) is 2. The van der Waals surface area contributed by atoms with E-state index in [9.17, 15) is 4.79 Å². The van der Waals surface area contributed by atoms with Crippen LogP contribution in [0.4, 0.5) is 0 Å². The highest BCUT2D eigenvalue weighted by Gasteiger charge is 2.37. The molecule has 0 bridgehead atoms. The first kappa shape index (κ1) is 15.3. The molecule has 1 aromatic rings. The fourth-order valence-corrected chi connectivity index (χ4v) is 3.26. The number of carbonyl (C=O) groups is 1. The van der Waals surface area contributed by atoms with Crippen LogP contribution in [-0.4, -0.2) is 42.1 Å². The van der Waals surface area contributed by atoms with Gasteiger partial charge in [0.05, 0.1) is 5.69 Å². The minimum atomic E-state index is -0.00983. The third-order valence-electron chi connectivity index (χ3n) is 4.61. The lowest BCUT2D eigenvalue weighted by atomic mass is 9.71. The predicted octanol–water partition coefficient (Wildman–Crippen LogP) is 2.01. The summed E-state index contributed by atoms with van der Waals surface area (Å²) >= 11 is 0. The minimum Gasteiger partial charge on any atom is -0.351 e. The number of hydrogen-bond donors (Lipinski definition) is 1. The first-order valence-corrected chi connectivity index (χ1v) is 7.12. The van der Waals surface area contributed by atoms with Gasteiger partial charge in [-0.05, 0) is 51.1 Å². The number of piperidine rings is 2. The first-order chi connectivity index (χ1) is 9.19. The maximum atomic E-state index is 12.3. The van der Waals surface area contributed by atoms with Gasteiger partial charge in [-0.25, -0.2) is 0 Å². The van der Waals surface area contributed by atoms with Crippen LogP contribution in [-0.2, 0) is 0 Å². The molecule has 1 spiro atoms. The second-order valence-electron chi connectivity index (χ2n) is 5.87. The van der Waals surface area contributed by atoms with Crippen LogP contribution in [0.25, 0.3) is 0 Å². The molecule has 2 saturated heterocycles. The molecule has 2 aliphatic rings. The van der Waals surface area contributed by atoms with Gasteiger partial charge in [0.15, 0.2) is 0 Å². The molecule has 0 aromatic carbocycles. The fraction of sp³-hybridized carbons (Fsp3) is 0.714. The van der Waals surface area contributed by atoms with Gasteiger partial charge in [-0.2, -0.15) is 0 Å². The molecule has 2 fully saturated rings. The maximum absolute atomic E-state index is 12.3. The van der Waals surface area contributed by atoms with Crippen molar-refractivity contribution in [3.8, 4) is 0 Å². The normalized spacial score (nSPS) is 21.6. The summed E-state index contributed by atoms with van der Waals surface area (Å²) < 4.78 is 5.07. The minimum absolute atomic E-state index is 0. The molecule has 2 aliphatic heterocycles. The van der Waals surface area contributed by atoms with E-state index in [4.69, 9.17) is 4.52 Å². The van der Waals surface area contributed by atoms with E-state index >= 15 is 0 Å². The summed E-state index contributed by atoms with van der Waals surface area (Å²) in [6.07, 6.45) is 4.73. The summed E-state index contributed by atoms with van der Waals surface area (Å²) in [5.74, 6) is 0.364. The number of aromatic nitrogens is 1. The second kappa shape index (κ2) is 6.14. The van der Waals surface area contributed by atoms with Gasteiger partial charge < -0.3 is 14.7 Å². The Labute approximate surface area is 125 Å².